The summed E-state index contributed by atoms with van der Waals surface area (Å²) in [6, 6.07) is -0.584. The quantitative estimate of drug-likeness (QED) is 0.0326. The van der Waals surface area contributed by atoms with Crippen LogP contribution < -0.4 is 5.32 Å². The normalized spacial score (nSPS) is 13.0. The van der Waals surface area contributed by atoms with Gasteiger partial charge in [0.05, 0.1) is 25.4 Å². The maximum absolute atomic E-state index is 12.4. The van der Waals surface area contributed by atoms with Crippen LogP contribution in [0.5, 0.6) is 0 Å². The second-order valence-electron chi connectivity index (χ2n) is 16.1. The van der Waals surface area contributed by atoms with E-state index in [1.807, 2.05) is 6.08 Å². The number of esters is 1. The first-order chi connectivity index (χ1) is 27.0. The van der Waals surface area contributed by atoms with Crippen LogP contribution in [0.1, 0.15) is 239 Å². The van der Waals surface area contributed by atoms with Crippen LogP contribution in [0.4, 0.5) is 0 Å². The molecule has 2 unspecified atom stereocenters. The van der Waals surface area contributed by atoms with Gasteiger partial charge in [-0.25, -0.2) is 0 Å². The number of nitrogens with one attached hydrogen (secondary N) is 1. The topological polar surface area (TPSA) is 95.9 Å². The van der Waals surface area contributed by atoms with E-state index in [0.29, 0.717) is 32.3 Å². The van der Waals surface area contributed by atoms with Crippen LogP contribution in [0.3, 0.4) is 0 Å². The third-order valence-corrected chi connectivity index (χ3v) is 10.7. The molecule has 0 aromatic heterocycles. The molecular weight excluding hydrogens is 683 g/mol. The number of aliphatic hydroxyl groups is 2. The molecule has 0 fully saturated rings. The molecular formula is C49H91NO5. The van der Waals surface area contributed by atoms with Crippen molar-refractivity contribution in [3.05, 3.63) is 36.5 Å². The van der Waals surface area contributed by atoms with Gasteiger partial charge in [0.2, 0.25) is 5.91 Å². The number of unbranched alkanes of at least 4 members (excludes halogenated alkanes) is 26. The lowest BCUT2D eigenvalue weighted by molar-refractivity contribution is -0.143. The Morgan fingerprint density at radius 1 is 0.509 bits per heavy atom. The van der Waals surface area contributed by atoms with E-state index in [1.165, 1.54) is 148 Å². The van der Waals surface area contributed by atoms with E-state index in [4.69, 9.17) is 4.74 Å². The fourth-order valence-corrected chi connectivity index (χ4v) is 6.98. The van der Waals surface area contributed by atoms with Crippen LogP contribution in [-0.4, -0.2) is 47.4 Å². The van der Waals surface area contributed by atoms with E-state index in [9.17, 15) is 19.8 Å². The van der Waals surface area contributed by atoms with Crippen molar-refractivity contribution >= 4 is 11.9 Å². The van der Waals surface area contributed by atoms with E-state index in [-0.39, 0.29) is 18.5 Å². The predicted molar refractivity (Wildman–Crippen MR) is 236 cm³/mol. The Morgan fingerprint density at radius 3 is 1.47 bits per heavy atom. The van der Waals surface area contributed by atoms with E-state index in [2.05, 4.69) is 49.5 Å². The van der Waals surface area contributed by atoms with Gasteiger partial charge < -0.3 is 20.3 Å². The van der Waals surface area contributed by atoms with Gasteiger partial charge in [0.1, 0.15) is 0 Å². The van der Waals surface area contributed by atoms with E-state index >= 15 is 0 Å². The summed E-state index contributed by atoms with van der Waals surface area (Å²) in [5.74, 6) is -0.145. The Kier molecular flexibility index (Phi) is 43.2. The molecule has 0 radical (unpaired) electrons. The highest BCUT2D eigenvalue weighted by molar-refractivity contribution is 5.76. The lowest BCUT2D eigenvalue weighted by atomic mass is 10.0. The molecule has 0 rings (SSSR count). The highest BCUT2D eigenvalue weighted by Gasteiger charge is 2.19. The number of hydrogen-bond acceptors (Lipinski definition) is 5. The second kappa shape index (κ2) is 44.8. The first-order valence-corrected chi connectivity index (χ1v) is 23.7. The van der Waals surface area contributed by atoms with E-state index < -0.39 is 12.1 Å². The Balaban J connectivity index is 3.58. The molecule has 0 saturated heterocycles. The van der Waals surface area contributed by atoms with Crippen molar-refractivity contribution in [1.82, 2.24) is 5.32 Å². The maximum atomic E-state index is 12.4. The number of carbonyl (C=O) groups excluding carboxylic acids is 2. The van der Waals surface area contributed by atoms with Gasteiger partial charge >= 0.3 is 5.97 Å². The average Bonchev–Trinajstić information content (AvgIpc) is 3.18. The molecule has 0 aliphatic heterocycles. The second-order valence-corrected chi connectivity index (χ2v) is 16.1. The van der Waals surface area contributed by atoms with Crippen molar-refractivity contribution in [1.29, 1.82) is 0 Å². The molecule has 6 heteroatoms. The summed E-state index contributed by atoms with van der Waals surface area (Å²) in [6.45, 7) is 4.84. The van der Waals surface area contributed by atoms with Gasteiger partial charge in [-0.05, 0) is 70.6 Å². The molecule has 0 spiro atoms. The SMILES string of the molecule is CCCCC/C=C\CCCCCCCC(=O)OCCCCCCCC/C=C\C/C=C\CCC(=O)NC(CO)C(O)CCCCCCCCCCCCCCC. The van der Waals surface area contributed by atoms with Gasteiger partial charge in [-0.3, -0.25) is 9.59 Å². The molecule has 1 amide bonds. The van der Waals surface area contributed by atoms with Crippen molar-refractivity contribution in [2.24, 2.45) is 0 Å². The van der Waals surface area contributed by atoms with Crippen LogP contribution in [-0.2, 0) is 14.3 Å². The Labute approximate surface area is 341 Å². The molecule has 322 valence electrons. The number of ether oxygens (including phenoxy) is 1. The Morgan fingerprint density at radius 2 is 0.927 bits per heavy atom. The minimum absolute atomic E-state index is 0.0280. The molecule has 0 heterocycles. The minimum atomic E-state index is -0.698. The van der Waals surface area contributed by atoms with Gasteiger partial charge in [0.15, 0.2) is 0 Å². The summed E-state index contributed by atoms with van der Waals surface area (Å²) >= 11 is 0. The predicted octanol–water partition coefficient (Wildman–Crippen LogP) is 13.7. The van der Waals surface area contributed by atoms with Gasteiger partial charge in [-0.2, -0.15) is 0 Å². The van der Waals surface area contributed by atoms with Gasteiger partial charge in [0.25, 0.3) is 0 Å². The van der Waals surface area contributed by atoms with Gasteiger partial charge in [-0.15, -0.1) is 0 Å². The molecule has 0 bridgehead atoms. The molecule has 55 heavy (non-hydrogen) atoms. The van der Waals surface area contributed by atoms with Crippen molar-refractivity contribution < 1.29 is 24.5 Å². The zero-order valence-corrected chi connectivity index (χ0v) is 36.4. The molecule has 2 atom stereocenters. The maximum Gasteiger partial charge on any atom is 0.305 e. The lowest BCUT2D eigenvalue weighted by Gasteiger charge is -2.22. The first-order valence-electron chi connectivity index (χ1n) is 23.7. The van der Waals surface area contributed by atoms with Crippen LogP contribution >= 0.6 is 0 Å². The van der Waals surface area contributed by atoms with Gasteiger partial charge in [0, 0.05) is 12.8 Å². The standard InChI is InChI=1S/C49H91NO5/c1-3-5-7-9-11-13-15-18-21-25-29-33-37-41-47(52)46(45-51)50-48(53)42-38-34-30-26-22-19-17-20-24-28-32-36-40-44-55-49(54)43-39-35-31-27-23-16-14-12-10-8-6-4-2/h12,14,19,22,30,34,46-47,51-52H,3-11,13,15-18,20-21,23-29,31-33,35-45H2,1-2H3,(H,50,53)/b14-12-,22-19-,34-30-. The molecule has 0 aliphatic carbocycles. The minimum Gasteiger partial charge on any atom is -0.466 e. The highest BCUT2D eigenvalue weighted by atomic mass is 16.5. The smallest absolute Gasteiger partial charge is 0.305 e. The number of aliphatic hydroxyl groups excluding tert-OH is 2. The molecule has 0 aromatic carbocycles. The Hall–Kier alpha value is -1.92. The van der Waals surface area contributed by atoms with Crippen molar-refractivity contribution in [2.45, 2.75) is 251 Å². The van der Waals surface area contributed by atoms with Crippen LogP contribution in [0.25, 0.3) is 0 Å². The highest BCUT2D eigenvalue weighted by Crippen LogP contribution is 2.15. The third-order valence-electron chi connectivity index (χ3n) is 10.7. The zero-order valence-electron chi connectivity index (χ0n) is 36.4. The monoisotopic (exact) mass is 774 g/mol. The lowest BCUT2D eigenvalue weighted by Crippen LogP contribution is -2.45. The summed E-state index contributed by atoms with van der Waals surface area (Å²) in [4.78, 5) is 24.3. The number of allylic oxidation sites excluding steroid dienone is 6. The summed E-state index contributed by atoms with van der Waals surface area (Å²) < 4.78 is 5.43. The summed E-state index contributed by atoms with van der Waals surface area (Å²) in [6.07, 6.45) is 52.6. The van der Waals surface area contributed by atoms with Crippen molar-refractivity contribution in [3.8, 4) is 0 Å². The summed E-state index contributed by atoms with van der Waals surface area (Å²) in [5.41, 5.74) is 0. The van der Waals surface area contributed by atoms with E-state index in [0.717, 1.165) is 51.4 Å². The van der Waals surface area contributed by atoms with Gasteiger partial charge in [-0.1, -0.05) is 192 Å². The van der Waals surface area contributed by atoms with Crippen LogP contribution in [0.15, 0.2) is 36.5 Å². The first kappa shape index (κ1) is 53.1. The molecule has 3 N–H and O–H groups in total. The number of amides is 1. The zero-order chi connectivity index (χ0) is 40.1. The number of carbonyl (C=O) groups is 2. The summed E-state index contributed by atoms with van der Waals surface area (Å²) in [7, 11) is 0. The molecule has 0 saturated carbocycles. The Bertz CT molecular complexity index is 900. The molecule has 0 aromatic rings. The third kappa shape index (κ3) is 41.5. The van der Waals surface area contributed by atoms with Crippen LogP contribution in [0, 0.1) is 0 Å². The largest absolute Gasteiger partial charge is 0.466 e. The van der Waals surface area contributed by atoms with Crippen molar-refractivity contribution in [3.63, 3.8) is 0 Å². The van der Waals surface area contributed by atoms with Crippen molar-refractivity contribution in [2.75, 3.05) is 13.2 Å². The molecule has 6 nitrogen and oxygen atoms in total. The molecule has 0 aliphatic rings. The van der Waals surface area contributed by atoms with Crippen LogP contribution in [0.2, 0.25) is 0 Å². The fraction of sp³-hybridized carbons (Fsp3) is 0.837. The van der Waals surface area contributed by atoms with E-state index in [1.54, 1.807) is 0 Å². The number of rotatable bonds is 43. The fourth-order valence-electron chi connectivity index (χ4n) is 6.98. The summed E-state index contributed by atoms with van der Waals surface area (Å²) in [5, 5.41) is 23.1. The average molecular weight is 774 g/mol. The number of hydrogen-bond donors (Lipinski definition) is 3.